The Labute approximate surface area is 106 Å². The van der Waals surface area contributed by atoms with Gasteiger partial charge in [0.15, 0.2) is 0 Å². The van der Waals surface area contributed by atoms with Gasteiger partial charge in [0.25, 0.3) is 0 Å². The summed E-state index contributed by atoms with van der Waals surface area (Å²) in [6.45, 7) is 0.323. The highest BCUT2D eigenvalue weighted by Gasteiger charge is 2.34. The van der Waals surface area contributed by atoms with Gasteiger partial charge in [-0.15, -0.1) is 0 Å². The number of hydrogen-bond acceptors (Lipinski definition) is 5. The average Bonchev–Trinajstić information content (AvgIpc) is 2.38. The molecule has 98 valence electrons. The summed E-state index contributed by atoms with van der Waals surface area (Å²) in [5, 5.41) is 15.6. The van der Waals surface area contributed by atoms with Gasteiger partial charge >= 0.3 is 0 Å². The number of aliphatic hydroxyl groups excluding tert-OH is 1. The molecular weight excluding hydrogens is 232 g/mol. The molecule has 6 nitrogen and oxygen atoms in total. The van der Waals surface area contributed by atoms with E-state index in [-0.39, 0.29) is 18.2 Å². The Hall–Kier alpha value is -1.40. The first kappa shape index (κ1) is 11.7. The van der Waals surface area contributed by atoms with Crippen molar-refractivity contribution >= 4 is 11.7 Å². The number of fused-ring (bicyclic) bond motifs is 1. The summed E-state index contributed by atoms with van der Waals surface area (Å²) in [5.41, 5.74) is 0. The minimum atomic E-state index is -0.151. The van der Waals surface area contributed by atoms with Gasteiger partial charge in [-0.05, 0) is 25.7 Å². The van der Waals surface area contributed by atoms with Crippen LogP contribution in [0.5, 0.6) is 0 Å². The summed E-state index contributed by atoms with van der Waals surface area (Å²) in [7, 11) is 0. The zero-order valence-corrected chi connectivity index (χ0v) is 10.2. The fourth-order valence-corrected chi connectivity index (χ4v) is 2.86. The molecule has 2 fully saturated rings. The Kier molecular flexibility index (Phi) is 3.05. The van der Waals surface area contributed by atoms with Gasteiger partial charge in [-0.25, -0.2) is 4.99 Å². The molecule has 18 heavy (non-hydrogen) atoms. The van der Waals surface area contributed by atoms with Crippen LogP contribution in [0.3, 0.4) is 0 Å². The molecule has 0 bridgehead atoms. The van der Waals surface area contributed by atoms with Crippen molar-refractivity contribution in [3.8, 4) is 0 Å². The standard InChI is InChI=1S/C12H18N4O2/c17-9-3-1-8(2-4-9)16-6-5-13-11-12(16)14-7-10(18)15-11/h5-6,8-9,12,14,17H,1-4,7H2,(H,13,15,18). The van der Waals surface area contributed by atoms with Crippen molar-refractivity contribution in [3.05, 3.63) is 12.4 Å². The predicted molar refractivity (Wildman–Crippen MR) is 66.6 cm³/mol. The quantitative estimate of drug-likeness (QED) is 0.587. The smallest absolute Gasteiger partial charge is 0.239 e. The molecule has 1 atom stereocenters. The van der Waals surface area contributed by atoms with Crippen LogP contribution < -0.4 is 10.6 Å². The summed E-state index contributed by atoms with van der Waals surface area (Å²) in [4.78, 5) is 17.7. The van der Waals surface area contributed by atoms with Gasteiger partial charge in [0.1, 0.15) is 12.0 Å². The van der Waals surface area contributed by atoms with Crippen molar-refractivity contribution in [2.45, 2.75) is 44.0 Å². The molecule has 1 unspecified atom stereocenters. The van der Waals surface area contributed by atoms with Crippen LogP contribution in [0.2, 0.25) is 0 Å². The molecule has 2 aliphatic heterocycles. The Morgan fingerprint density at radius 3 is 2.89 bits per heavy atom. The SMILES string of the molecule is O=C1CNC2C(=NC=CN2C2CCC(O)CC2)N1. The maximum Gasteiger partial charge on any atom is 0.239 e. The van der Waals surface area contributed by atoms with Gasteiger partial charge in [-0.3, -0.25) is 10.1 Å². The van der Waals surface area contributed by atoms with Crippen molar-refractivity contribution in [1.29, 1.82) is 0 Å². The molecule has 1 aliphatic carbocycles. The van der Waals surface area contributed by atoms with Gasteiger partial charge < -0.3 is 15.3 Å². The maximum atomic E-state index is 11.3. The first-order chi connectivity index (χ1) is 8.74. The maximum absolute atomic E-state index is 11.3. The van der Waals surface area contributed by atoms with E-state index in [1.54, 1.807) is 6.20 Å². The molecule has 6 heteroatoms. The number of rotatable bonds is 1. The Balaban J connectivity index is 1.72. The van der Waals surface area contributed by atoms with Gasteiger partial charge in [0.05, 0.1) is 12.6 Å². The average molecular weight is 250 g/mol. The number of aliphatic hydroxyl groups is 1. The van der Waals surface area contributed by atoms with E-state index in [9.17, 15) is 9.90 Å². The molecule has 2 heterocycles. The number of amidine groups is 1. The van der Waals surface area contributed by atoms with E-state index in [1.807, 2.05) is 6.20 Å². The molecule has 0 aromatic carbocycles. The third-order valence-electron chi connectivity index (χ3n) is 3.82. The van der Waals surface area contributed by atoms with Crippen molar-refractivity contribution in [2.24, 2.45) is 4.99 Å². The second kappa shape index (κ2) is 4.70. The van der Waals surface area contributed by atoms with Crippen LogP contribution >= 0.6 is 0 Å². The zero-order valence-electron chi connectivity index (χ0n) is 10.2. The summed E-state index contributed by atoms with van der Waals surface area (Å²) in [6, 6.07) is 0.405. The Morgan fingerprint density at radius 2 is 2.11 bits per heavy atom. The number of nitrogens with one attached hydrogen (secondary N) is 2. The van der Waals surface area contributed by atoms with Gasteiger partial charge in [0.2, 0.25) is 5.91 Å². The third-order valence-corrected chi connectivity index (χ3v) is 3.82. The molecule has 0 spiro atoms. The first-order valence-corrected chi connectivity index (χ1v) is 6.47. The normalized spacial score (nSPS) is 35.8. The van der Waals surface area contributed by atoms with Crippen LogP contribution in [0.1, 0.15) is 25.7 Å². The molecule has 1 saturated carbocycles. The number of nitrogens with zero attached hydrogens (tertiary/aromatic N) is 2. The lowest BCUT2D eigenvalue weighted by Gasteiger charge is -2.43. The monoisotopic (exact) mass is 250 g/mol. The number of piperazine rings is 1. The molecule has 3 aliphatic rings. The van der Waals surface area contributed by atoms with Crippen LogP contribution in [0.4, 0.5) is 0 Å². The molecule has 0 aromatic rings. The molecule has 3 rings (SSSR count). The van der Waals surface area contributed by atoms with E-state index in [4.69, 9.17) is 0 Å². The largest absolute Gasteiger partial charge is 0.393 e. The minimum absolute atomic E-state index is 0.0343. The van der Waals surface area contributed by atoms with Crippen LogP contribution in [0.15, 0.2) is 17.4 Å². The third kappa shape index (κ3) is 2.13. The van der Waals surface area contributed by atoms with Crippen LogP contribution in [0.25, 0.3) is 0 Å². The van der Waals surface area contributed by atoms with Gasteiger partial charge in [0, 0.05) is 18.4 Å². The van der Waals surface area contributed by atoms with Crippen molar-refractivity contribution in [2.75, 3.05) is 6.54 Å². The van der Waals surface area contributed by atoms with Crippen molar-refractivity contribution < 1.29 is 9.90 Å². The molecular formula is C12H18N4O2. The second-order valence-corrected chi connectivity index (χ2v) is 5.05. The molecule has 1 saturated heterocycles. The fraction of sp³-hybridized carbons (Fsp3) is 0.667. The van der Waals surface area contributed by atoms with E-state index in [0.717, 1.165) is 25.7 Å². The lowest BCUT2D eigenvalue weighted by atomic mass is 9.91. The number of carbonyl (C=O) groups excluding carboxylic acids is 1. The van der Waals surface area contributed by atoms with Gasteiger partial charge in [-0.2, -0.15) is 0 Å². The van der Waals surface area contributed by atoms with Crippen molar-refractivity contribution in [3.63, 3.8) is 0 Å². The summed E-state index contributed by atoms with van der Waals surface area (Å²) in [5.74, 6) is 0.638. The number of amides is 1. The van der Waals surface area contributed by atoms with Crippen molar-refractivity contribution in [1.82, 2.24) is 15.5 Å². The highest BCUT2D eigenvalue weighted by atomic mass is 16.3. The molecule has 0 radical (unpaired) electrons. The summed E-state index contributed by atoms with van der Waals surface area (Å²) >= 11 is 0. The number of carbonyl (C=O) groups is 1. The highest BCUT2D eigenvalue weighted by Crippen LogP contribution is 2.26. The lowest BCUT2D eigenvalue weighted by Crippen LogP contribution is -2.64. The Bertz CT molecular complexity index is 399. The topological polar surface area (TPSA) is 77.0 Å². The molecule has 0 aromatic heterocycles. The zero-order chi connectivity index (χ0) is 12.5. The van der Waals surface area contributed by atoms with E-state index in [2.05, 4.69) is 20.5 Å². The van der Waals surface area contributed by atoms with Crippen LogP contribution in [0, 0.1) is 0 Å². The highest BCUT2D eigenvalue weighted by molar-refractivity contribution is 6.04. The molecule has 1 amide bonds. The van der Waals surface area contributed by atoms with E-state index >= 15 is 0 Å². The van der Waals surface area contributed by atoms with E-state index in [1.165, 1.54) is 0 Å². The Morgan fingerprint density at radius 1 is 1.33 bits per heavy atom. The number of aliphatic imine (C=N–C) groups is 1. The van der Waals surface area contributed by atoms with E-state index in [0.29, 0.717) is 18.4 Å². The summed E-state index contributed by atoms with van der Waals surface area (Å²) < 4.78 is 0. The predicted octanol–water partition coefficient (Wildman–Crippen LogP) is -0.479. The fourth-order valence-electron chi connectivity index (χ4n) is 2.86. The summed E-state index contributed by atoms with van der Waals surface area (Å²) in [6.07, 6.45) is 7.16. The van der Waals surface area contributed by atoms with Crippen LogP contribution in [-0.4, -0.2) is 46.6 Å². The van der Waals surface area contributed by atoms with E-state index < -0.39 is 0 Å². The van der Waals surface area contributed by atoms with Gasteiger partial charge in [-0.1, -0.05) is 0 Å². The second-order valence-electron chi connectivity index (χ2n) is 5.05. The van der Waals surface area contributed by atoms with Crippen LogP contribution in [-0.2, 0) is 4.79 Å². The minimum Gasteiger partial charge on any atom is -0.393 e. The lowest BCUT2D eigenvalue weighted by molar-refractivity contribution is -0.120. The first-order valence-electron chi connectivity index (χ1n) is 6.47. The number of hydrogen-bond donors (Lipinski definition) is 3. The molecule has 3 N–H and O–H groups in total.